The van der Waals surface area contributed by atoms with E-state index in [-0.39, 0.29) is 18.2 Å². The minimum absolute atomic E-state index is 0.0155. The number of pyridine rings is 1. The van der Waals surface area contributed by atoms with Crippen molar-refractivity contribution in [2.75, 3.05) is 0 Å². The Kier molecular flexibility index (Phi) is 4.01. The van der Waals surface area contributed by atoms with E-state index >= 15 is 0 Å². The molecule has 3 aromatic rings. The highest BCUT2D eigenvalue weighted by atomic mass is 16.6. The van der Waals surface area contributed by atoms with Crippen molar-refractivity contribution in [3.63, 3.8) is 0 Å². The molecule has 23 heavy (non-hydrogen) atoms. The number of hydrogen-bond donors (Lipinski definition) is 0. The van der Waals surface area contributed by atoms with Crippen LogP contribution in [0.2, 0.25) is 0 Å². The molecule has 0 fully saturated rings. The molecule has 0 N–H and O–H groups in total. The summed E-state index contributed by atoms with van der Waals surface area (Å²) in [5, 5.41) is 11.0. The van der Waals surface area contributed by atoms with E-state index in [1.807, 2.05) is 30.3 Å². The Balaban J connectivity index is 1.75. The van der Waals surface area contributed by atoms with E-state index in [1.165, 1.54) is 6.07 Å². The number of benzene rings is 1. The number of ether oxygens (including phenoxy) is 1. The van der Waals surface area contributed by atoms with Crippen LogP contribution in [0.5, 0.6) is 5.75 Å². The quantitative estimate of drug-likeness (QED) is 0.528. The second-order valence-corrected chi connectivity index (χ2v) is 4.80. The van der Waals surface area contributed by atoms with E-state index in [1.54, 1.807) is 19.2 Å². The van der Waals surface area contributed by atoms with Crippen LogP contribution in [0.4, 0.5) is 5.82 Å². The lowest BCUT2D eigenvalue weighted by Gasteiger charge is -2.04. The number of nitrogens with zero attached hydrogens (tertiary/aromatic N) is 3. The molecule has 0 aliphatic carbocycles. The Hall–Kier alpha value is -3.22. The third kappa shape index (κ3) is 3.34. The lowest BCUT2D eigenvalue weighted by Crippen LogP contribution is -2.01. The van der Waals surface area contributed by atoms with Gasteiger partial charge in [-0.1, -0.05) is 30.3 Å². The number of nitro groups is 1. The largest absolute Gasteiger partial charge is 0.476 e. The summed E-state index contributed by atoms with van der Waals surface area (Å²) >= 11 is 0. The van der Waals surface area contributed by atoms with Crippen molar-refractivity contribution in [2.45, 2.75) is 13.5 Å². The summed E-state index contributed by atoms with van der Waals surface area (Å²) in [7, 11) is 0. The summed E-state index contributed by atoms with van der Waals surface area (Å²) in [6, 6.07) is 12.7. The summed E-state index contributed by atoms with van der Waals surface area (Å²) < 4.78 is 11.0. The van der Waals surface area contributed by atoms with Crippen molar-refractivity contribution < 1.29 is 14.1 Å². The molecule has 0 aliphatic rings. The van der Waals surface area contributed by atoms with Gasteiger partial charge in [-0.3, -0.25) is 0 Å². The molecular weight excluding hydrogens is 298 g/mol. The van der Waals surface area contributed by atoms with Crippen molar-refractivity contribution in [3.8, 4) is 17.1 Å². The van der Waals surface area contributed by atoms with Crippen LogP contribution in [0.15, 0.2) is 53.1 Å². The number of aromatic nitrogens is 2. The van der Waals surface area contributed by atoms with Gasteiger partial charge in [-0.05, 0) is 22.0 Å². The molecule has 0 amide bonds. The first-order chi connectivity index (χ1) is 11.1. The van der Waals surface area contributed by atoms with Crippen LogP contribution in [0, 0.1) is 17.0 Å². The molecule has 7 nitrogen and oxygen atoms in total. The van der Waals surface area contributed by atoms with Gasteiger partial charge in [0.25, 0.3) is 0 Å². The van der Waals surface area contributed by atoms with Gasteiger partial charge < -0.3 is 19.3 Å². The minimum atomic E-state index is -0.576. The molecule has 3 rings (SSSR count). The highest BCUT2D eigenvalue weighted by Crippen LogP contribution is 2.26. The summed E-state index contributed by atoms with van der Waals surface area (Å²) in [5.41, 5.74) is 1.45. The first-order valence-corrected chi connectivity index (χ1v) is 6.88. The van der Waals surface area contributed by atoms with Crippen LogP contribution in [-0.4, -0.2) is 14.9 Å². The zero-order valence-electron chi connectivity index (χ0n) is 12.3. The third-order valence-electron chi connectivity index (χ3n) is 3.11. The molecule has 0 unspecified atom stereocenters. The van der Waals surface area contributed by atoms with E-state index in [4.69, 9.17) is 9.15 Å². The Morgan fingerprint density at radius 1 is 1.22 bits per heavy atom. The monoisotopic (exact) mass is 311 g/mol. The molecule has 0 radical (unpaired) electrons. The van der Waals surface area contributed by atoms with Gasteiger partial charge in [-0.15, -0.1) is 0 Å². The van der Waals surface area contributed by atoms with Crippen LogP contribution in [0.1, 0.15) is 11.6 Å². The highest BCUT2D eigenvalue weighted by Gasteiger charge is 2.18. The van der Waals surface area contributed by atoms with Crippen LogP contribution < -0.4 is 4.74 Å². The fourth-order valence-corrected chi connectivity index (χ4v) is 2.03. The van der Waals surface area contributed by atoms with Crippen molar-refractivity contribution in [3.05, 3.63) is 70.4 Å². The van der Waals surface area contributed by atoms with E-state index in [9.17, 15) is 10.1 Å². The molecule has 7 heteroatoms. The molecular formula is C16H13N3O4. The van der Waals surface area contributed by atoms with Gasteiger partial charge in [-0.25, -0.2) is 4.98 Å². The normalized spacial score (nSPS) is 10.5. The molecule has 0 saturated carbocycles. The summed E-state index contributed by atoms with van der Waals surface area (Å²) in [6.07, 6.45) is 1.59. The van der Waals surface area contributed by atoms with Gasteiger partial charge in [-0.2, -0.15) is 0 Å². The van der Waals surface area contributed by atoms with E-state index in [2.05, 4.69) is 9.97 Å². The Bertz CT molecular complexity index is 830. The average Bonchev–Trinajstić information content (AvgIpc) is 3.03. The fraction of sp³-hybridized carbons (Fsp3) is 0.125. The van der Waals surface area contributed by atoms with Gasteiger partial charge in [0, 0.05) is 12.5 Å². The standard InChI is InChI=1S/C16H13N3O4/c1-11-7-8-13(16(18-11)19(20)21)22-10-15-17-9-14(23-15)12-5-3-2-4-6-12/h2-9H,10H2,1H3. The molecule has 0 spiro atoms. The number of oxazole rings is 1. The Labute approximate surface area is 131 Å². The van der Waals surface area contributed by atoms with Crippen molar-refractivity contribution >= 4 is 5.82 Å². The van der Waals surface area contributed by atoms with Crippen LogP contribution in [0.25, 0.3) is 11.3 Å². The zero-order chi connectivity index (χ0) is 16.2. The molecule has 2 heterocycles. The first kappa shape index (κ1) is 14.7. The molecule has 0 atom stereocenters. The lowest BCUT2D eigenvalue weighted by molar-refractivity contribution is -0.390. The third-order valence-corrected chi connectivity index (χ3v) is 3.11. The predicted molar refractivity (Wildman–Crippen MR) is 81.9 cm³/mol. The minimum Gasteiger partial charge on any atom is -0.476 e. The van der Waals surface area contributed by atoms with Crippen molar-refractivity contribution in [1.29, 1.82) is 0 Å². The first-order valence-electron chi connectivity index (χ1n) is 6.88. The second kappa shape index (κ2) is 6.27. The van der Waals surface area contributed by atoms with Crippen molar-refractivity contribution in [2.24, 2.45) is 0 Å². The van der Waals surface area contributed by atoms with Crippen LogP contribution in [-0.2, 0) is 6.61 Å². The topological polar surface area (TPSA) is 91.3 Å². The molecule has 2 aromatic heterocycles. The number of aryl methyl sites for hydroxylation is 1. The van der Waals surface area contributed by atoms with E-state index < -0.39 is 4.92 Å². The van der Waals surface area contributed by atoms with Crippen LogP contribution in [0.3, 0.4) is 0 Å². The maximum Gasteiger partial charge on any atom is 0.406 e. The van der Waals surface area contributed by atoms with Gasteiger partial charge in [0.2, 0.25) is 11.6 Å². The fourth-order valence-electron chi connectivity index (χ4n) is 2.03. The average molecular weight is 311 g/mol. The summed E-state index contributed by atoms with van der Waals surface area (Å²) in [6.45, 7) is 1.66. The van der Waals surface area contributed by atoms with Crippen molar-refractivity contribution in [1.82, 2.24) is 9.97 Å². The van der Waals surface area contributed by atoms with Gasteiger partial charge in [0.1, 0.15) is 5.69 Å². The number of hydrogen-bond acceptors (Lipinski definition) is 6. The van der Waals surface area contributed by atoms with Crippen LogP contribution >= 0.6 is 0 Å². The SMILES string of the molecule is Cc1ccc(OCc2ncc(-c3ccccc3)o2)c([N+](=O)[O-])n1. The Morgan fingerprint density at radius 3 is 2.74 bits per heavy atom. The second-order valence-electron chi connectivity index (χ2n) is 4.80. The summed E-state index contributed by atoms with van der Waals surface area (Å²) in [5.74, 6) is 0.708. The van der Waals surface area contributed by atoms with E-state index in [0.717, 1.165) is 5.56 Å². The van der Waals surface area contributed by atoms with Gasteiger partial charge in [0.05, 0.1) is 6.20 Å². The van der Waals surface area contributed by atoms with Gasteiger partial charge >= 0.3 is 5.82 Å². The lowest BCUT2D eigenvalue weighted by atomic mass is 10.2. The molecule has 0 saturated heterocycles. The smallest absolute Gasteiger partial charge is 0.406 e. The van der Waals surface area contributed by atoms with E-state index in [0.29, 0.717) is 17.3 Å². The molecule has 0 bridgehead atoms. The predicted octanol–water partition coefficient (Wildman–Crippen LogP) is 3.53. The maximum absolute atomic E-state index is 11.0. The molecule has 116 valence electrons. The molecule has 1 aromatic carbocycles. The Morgan fingerprint density at radius 2 is 2.00 bits per heavy atom. The highest BCUT2D eigenvalue weighted by molar-refractivity contribution is 5.55. The number of rotatable bonds is 5. The maximum atomic E-state index is 11.0. The van der Waals surface area contributed by atoms with Gasteiger partial charge in [0.15, 0.2) is 12.4 Å². The molecule has 0 aliphatic heterocycles. The summed E-state index contributed by atoms with van der Waals surface area (Å²) in [4.78, 5) is 18.4. The zero-order valence-corrected chi connectivity index (χ0v) is 12.3.